The molecule has 3 rings (SSSR count). The molecule has 35 heavy (non-hydrogen) atoms. The summed E-state index contributed by atoms with van der Waals surface area (Å²) < 4.78 is 28.6. The van der Waals surface area contributed by atoms with Crippen LogP contribution in [0.5, 0.6) is 17.2 Å². The van der Waals surface area contributed by atoms with Crippen molar-refractivity contribution in [3.05, 3.63) is 40.7 Å². The predicted octanol–water partition coefficient (Wildman–Crippen LogP) is 2.47. The lowest BCUT2D eigenvalue weighted by Gasteiger charge is -2.15. The molecule has 0 radical (unpaired) electrons. The first kappa shape index (κ1) is 26.1. The van der Waals surface area contributed by atoms with Crippen molar-refractivity contribution in [1.82, 2.24) is 9.88 Å². The molecule has 0 unspecified atom stereocenters. The van der Waals surface area contributed by atoms with Crippen molar-refractivity contribution >= 4 is 17.7 Å². The number of nitrogens with zero attached hydrogens (tertiary/aromatic N) is 1. The van der Waals surface area contributed by atoms with Gasteiger partial charge in [-0.05, 0) is 44.9 Å². The van der Waals surface area contributed by atoms with Crippen molar-refractivity contribution in [3.8, 4) is 17.2 Å². The summed E-state index contributed by atoms with van der Waals surface area (Å²) >= 11 is 0. The molecule has 1 N–H and O–H groups in total. The maximum Gasteiger partial charge on any atom is 0.325 e. The number of ether oxygens (including phenoxy) is 5. The number of carbonyl (C=O) groups is 3. The number of carbonyl (C=O) groups excluding carboxylic acids is 3. The van der Waals surface area contributed by atoms with E-state index in [-0.39, 0.29) is 17.5 Å². The topological polar surface area (TPSA) is 114 Å². The zero-order valence-corrected chi connectivity index (χ0v) is 20.8. The highest BCUT2D eigenvalue weighted by atomic mass is 16.5. The number of ketones is 1. The van der Waals surface area contributed by atoms with E-state index in [0.29, 0.717) is 29.4 Å². The van der Waals surface area contributed by atoms with Crippen molar-refractivity contribution in [3.63, 3.8) is 0 Å². The first-order valence-corrected chi connectivity index (χ1v) is 11.3. The quantitative estimate of drug-likeness (QED) is 0.379. The monoisotopic (exact) mass is 488 g/mol. The van der Waals surface area contributed by atoms with E-state index < -0.39 is 25.0 Å². The number of methoxy groups -OCH3 is 3. The van der Waals surface area contributed by atoms with Gasteiger partial charge in [-0.25, -0.2) is 0 Å². The molecule has 0 bridgehead atoms. The number of nitrogens with one attached hydrogen (secondary N) is 1. The Morgan fingerprint density at radius 1 is 1.06 bits per heavy atom. The van der Waals surface area contributed by atoms with Gasteiger partial charge in [-0.2, -0.15) is 0 Å². The van der Waals surface area contributed by atoms with Gasteiger partial charge in [0.1, 0.15) is 6.54 Å². The second-order valence-electron chi connectivity index (χ2n) is 8.21. The van der Waals surface area contributed by atoms with Crippen LogP contribution >= 0.6 is 0 Å². The summed E-state index contributed by atoms with van der Waals surface area (Å²) in [5, 5.41) is 2.47. The van der Waals surface area contributed by atoms with Crippen LogP contribution in [0.4, 0.5) is 0 Å². The van der Waals surface area contributed by atoms with E-state index in [1.165, 1.54) is 33.5 Å². The zero-order valence-electron chi connectivity index (χ0n) is 20.8. The summed E-state index contributed by atoms with van der Waals surface area (Å²) in [6.07, 6.45) is 2.19. The summed E-state index contributed by atoms with van der Waals surface area (Å²) in [6, 6.07) is 4.74. The molecule has 1 aromatic carbocycles. The Hall–Kier alpha value is -3.53. The van der Waals surface area contributed by atoms with Crippen molar-refractivity contribution in [1.29, 1.82) is 0 Å². The van der Waals surface area contributed by atoms with Crippen LogP contribution in [-0.4, -0.2) is 69.4 Å². The molecular weight excluding hydrogens is 456 g/mol. The van der Waals surface area contributed by atoms with E-state index in [4.69, 9.17) is 23.7 Å². The number of aromatic nitrogens is 1. The Kier molecular flexibility index (Phi) is 8.75. The van der Waals surface area contributed by atoms with Gasteiger partial charge in [0.05, 0.1) is 27.4 Å². The molecule has 1 aliphatic rings. The van der Waals surface area contributed by atoms with E-state index in [1.54, 1.807) is 6.07 Å². The Morgan fingerprint density at radius 3 is 2.31 bits per heavy atom. The van der Waals surface area contributed by atoms with E-state index >= 15 is 0 Å². The molecule has 1 atom stereocenters. The van der Waals surface area contributed by atoms with E-state index in [0.717, 1.165) is 30.8 Å². The molecule has 1 aromatic heterocycles. The molecule has 1 fully saturated rings. The van der Waals surface area contributed by atoms with Crippen LogP contribution in [0.25, 0.3) is 0 Å². The highest BCUT2D eigenvalue weighted by Gasteiger charge is 2.22. The molecule has 0 aliphatic carbocycles. The second-order valence-corrected chi connectivity index (χ2v) is 8.21. The van der Waals surface area contributed by atoms with Gasteiger partial charge >= 0.3 is 5.97 Å². The molecule has 0 spiro atoms. The summed E-state index contributed by atoms with van der Waals surface area (Å²) in [5.74, 6) is -0.609. The number of aryl methyl sites for hydroxylation is 1. The molecule has 0 saturated carbocycles. The highest BCUT2D eigenvalue weighted by Crippen LogP contribution is 2.38. The van der Waals surface area contributed by atoms with Crippen LogP contribution in [-0.2, 0) is 20.8 Å². The molecule has 2 heterocycles. The normalized spacial score (nSPS) is 14.9. The molecule has 1 saturated heterocycles. The van der Waals surface area contributed by atoms with Gasteiger partial charge < -0.3 is 33.6 Å². The van der Waals surface area contributed by atoms with E-state index in [2.05, 4.69) is 9.88 Å². The molecule has 2 aromatic rings. The largest absolute Gasteiger partial charge is 0.493 e. The summed E-state index contributed by atoms with van der Waals surface area (Å²) in [7, 11) is 4.33. The van der Waals surface area contributed by atoms with Crippen LogP contribution in [0, 0.1) is 13.8 Å². The summed E-state index contributed by atoms with van der Waals surface area (Å²) in [4.78, 5) is 37.4. The first-order chi connectivity index (χ1) is 16.8. The van der Waals surface area contributed by atoms with Crippen LogP contribution in [0.3, 0.4) is 0 Å². The van der Waals surface area contributed by atoms with Gasteiger partial charge in [0, 0.05) is 35.7 Å². The zero-order chi connectivity index (χ0) is 25.5. The highest BCUT2D eigenvalue weighted by molar-refractivity contribution is 6.00. The van der Waals surface area contributed by atoms with Crippen molar-refractivity contribution in [2.24, 2.45) is 0 Å². The summed E-state index contributed by atoms with van der Waals surface area (Å²) in [5.41, 5.74) is 2.48. The number of esters is 1. The predicted molar refractivity (Wildman–Crippen MR) is 127 cm³/mol. The molecule has 10 heteroatoms. The Morgan fingerprint density at radius 2 is 1.74 bits per heavy atom. The van der Waals surface area contributed by atoms with Crippen LogP contribution in [0.2, 0.25) is 0 Å². The minimum Gasteiger partial charge on any atom is -0.493 e. The van der Waals surface area contributed by atoms with Crippen molar-refractivity contribution in [2.45, 2.75) is 39.3 Å². The van der Waals surface area contributed by atoms with Crippen molar-refractivity contribution in [2.75, 3.05) is 41.1 Å². The lowest BCUT2D eigenvalue weighted by atomic mass is 10.1. The third-order valence-corrected chi connectivity index (χ3v) is 5.97. The number of rotatable bonds is 11. The van der Waals surface area contributed by atoms with Crippen LogP contribution < -0.4 is 19.5 Å². The third-order valence-electron chi connectivity index (χ3n) is 5.97. The maximum absolute atomic E-state index is 12.7. The van der Waals surface area contributed by atoms with Gasteiger partial charge in [-0.1, -0.05) is 0 Å². The van der Waals surface area contributed by atoms with Gasteiger partial charge in [0.2, 0.25) is 11.5 Å². The SMILES string of the molecule is COc1cc(C(=O)NCC(=O)OCC(=O)c2cc(C)n(C[C@@H]3CCCO3)c2C)cc(OC)c1OC. The third kappa shape index (κ3) is 6.13. The molecule has 10 nitrogen and oxygen atoms in total. The first-order valence-electron chi connectivity index (χ1n) is 11.3. The molecule has 1 aliphatic heterocycles. The van der Waals surface area contributed by atoms with Gasteiger partial charge in [-0.15, -0.1) is 0 Å². The van der Waals surface area contributed by atoms with E-state index in [1.807, 2.05) is 13.8 Å². The lowest BCUT2D eigenvalue weighted by Crippen LogP contribution is -2.31. The number of hydrogen-bond donors (Lipinski definition) is 1. The standard InChI is InChI=1S/C25H32N2O8/c1-15-9-19(16(2)27(15)13-18-7-6-8-34-18)20(28)14-35-23(29)12-26-25(30)17-10-21(31-3)24(33-5)22(11-17)32-4/h9-11,18H,6-8,12-14H2,1-5H3,(H,26,30)/t18-/m0/s1. The smallest absolute Gasteiger partial charge is 0.325 e. The fourth-order valence-corrected chi connectivity index (χ4v) is 4.10. The van der Waals surface area contributed by atoms with E-state index in [9.17, 15) is 14.4 Å². The van der Waals surface area contributed by atoms with Gasteiger partial charge in [0.25, 0.3) is 5.91 Å². The maximum atomic E-state index is 12.7. The Bertz CT molecular complexity index is 1060. The average Bonchev–Trinajstić information content (AvgIpc) is 3.48. The second kappa shape index (κ2) is 11.7. The number of benzene rings is 1. The fourth-order valence-electron chi connectivity index (χ4n) is 4.10. The van der Waals surface area contributed by atoms with Gasteiger partial charge in [-0.3, -0.25) is 14.4 Å². The summed E-state index contributed by atoms with van der Waals surface area (Å²) in [6.45, 7) is 4.45. The van der Waals surface area contributed by atoms with Gasteiger partial charge in [0.15, 0.2) is 18.1 Å². The minimum atomic E-state index is -0.729. The van der Waals surface area contributed by atoms with Crippen molar-refractivity contribution < 1.29 is 38.1 Å². The number of hydrogen-bond acceptors (Lipinski definition) is 8. The molecular formula is C25H32N2O8. The molecule has 1 amide bonds. The molecule has 190 valence electrons. The number of amides is 1. The minimum absolute atomic E-state index is 0.148. The Balaban J connectivity index is 1.54. The lowest BCUT2D eigenvalue weighted by molar-refractivity contribution is -0.141. The van der Waals surface area contributed by atoms with Crippen LogP contribution in [0.15, 0.2) is 18.2 Å². The average molecular weight is 489 g/mol. The fraction of sp³-hybridized carbons (Fsp3) is 0.480. The number of Topliss-reactive ketones (excluding diaryl/α,β-unsaturated/α-hetero) is 1. The van der Waals surface area contributed by atoms with Crippen LogP contribution in [0.1, 0.15) is 44.9 Å². The Labute approximate surface area is 204 Å².